The average Bonchev–Trinajstić information content (AvgIpc) is 2.91. The molecule has 0 fully saturated rings. The monoisotopic (exact) mass is 271 g/mol. The summed E-state index contributed by atoms with van der Waals surface area (Å²) in [4.78, 5) is 27.1. The molecule has 3 rings (SSSR count). The van der Waals surface area contributed by atoms with Crippen LogP contribution in [0.3, 0.4) is 0 Å². The highest BCUT2D eigenvalue weighted by Crippen LogP contribution is 2.17. The first kappa shape index (κ1) is 12.3. The number of fused-ring (bicyclic) bond motifs is 1. The molecule has 0 saturated heterocycles. The van der Waals surface area contributed by atoms with Gasteiger partial charge in [0, 0.05) is 17.6 Å². The predicted octanol–water partition coefficient (Wildman–Crippen LogP) is 1.70. The summed E-state index contributed by atoms with van der Waals surface area (Å²) < 4.78 is 6.06. The predicted molar refractivity (Wildman–Crippen MR) is 74.7 cm³/mol. The van der Waals surface area contributed by atoms with E-state index in [9.17, 15) is 9.59 Å². The fourth-order valence-corrected chi connectivity index (χ4v) is 2.19. The Kier molecular flexibility index (Phi) is 2.71. The summed E-state index contributed by atoms with van der Waals surface area (Å²) >= 11 is 0. The van der Waals surface area contributed by atoms with Crippen LogP contribution in [0.25, 0.3) is 11.1 Å². The summed E-state index contributed by atoms with van der Waals surface area (Å²) in [5.41, 5.74) is 8.68. The Morgan fingerprint density at radius 2 is 2.20 bits per heavy atom. The first-order chi connectivity index (χ1) is 9.54. The van der Waals surface area contributed by atoms with Gasteiger partial charge in [-0.3, -0.25) is 4.79 Å². The molecule has 3 N–H and O–H groups in total. The van der Waals surface area contributed by atoms with Crippen molar-refractivity contribution in [3.63, 3.8) is 0 Å². The van der Waals surface area contributed by atoms with E-state index in [1.54, 1.807) is 24.4 Å². The number of aryl methyl sites for hydroxylation is 1. The summed E-state index contributed by atoms with van der Waals surface area (Å²) in [5, 5.41) is 0. The summed E-state index contributed by atoms with van der Waals surface area (Å²) in [7, 11) is 0. The number of aromatic nitrogens is 2. The Bertz CT molecular complexity index is 854. The normalized spacial score (nSPS) is 11.1. The molecule has 2 aromatic heterocycles. The van der Waals surface area contributed by atoms with Gasteiger partial charge in [-0.25, -0.2) is 9.36 Å². The molecule has 20 heavy (non-hydrogen) atoms. The quantitative estimate of drug-likeness (QED) is 0.693. The average molecular weight is 271 g/mol. The first-order valence-electron chi connectivity index (χ1n) is 6.13. The zero-order valence-electron chi connectivity index (χ0n) is 10.8. The lowest BCUT2D eigenvalue weighted by Crippen LogP contribution is -2.23. The van der Waals surface area contributed by atoms with Gasteiger partial charge in [0.25, 0.3) is 0 Å². The van der Waals surface area contributed by atoms with Crippen LogP contribution in [0.1, 0.15) is 16.1 Å². The van der Waals surface area contributed by atoms with Crippen LogP contribution in [-0.2, 0) is 6.42 Å². The van der Waals surface area contributed by atoms with Crippen molar-refractivity contribution in [2.24, 2.45) is 0 Å². The van der Waals surface area contributed by atoms with E-state index in [4.69, 9.17) is 10.2 Å². The molecule has 6 heteroatoms. The number of carbonyl (C=O) groups excluding carboxylic acids is 1. The van der Waals surface area contributed by atoms with Gasteiger partial charge in [-0.15, -0.1) is 0 Å². The standard InChI is InChI=1S/C14H13N3O3/c1-8-4-9(7-16-8)5-13(18)17-11-6-10(15)2-3-12(11)20-14(17)19/h2-4,6-7,16H,5,15H2,1H3. The van der Waals surface area contributed by atoms with Gasteiger partial charge in [0.2, 0.25) is 5.91 Å². The van der Waals surface area contributed by atoms with Crippen LogP contribution in [0.15, 0.2) is 39.7 Å². The molecule has 0 atom stereocenters. The van der Waals surface area contributed by atoms with E-state index in [-0.39, 0.29) is 12.3 Å². The first-order valence-corrected chi connectivity index (χ1v) is 6.13. The maximum atomic E-state index is 12.3. The maximum Gasteiger partial charge on any atom is 0.426 e. The topological polar surface area (TPSA) is 94.0 Å². The van der Waals surface area contributed by atoms with Crippen molar-refractivity contribution in [3.05, 3.63) is 52.3 Å². The molecule has 0 saturated carbocycles. The number of nitrogens with zero attached hydrogens (tertiary/aromatic N) is 1. The number of H-pyrrole nitrogens is 1. The molecule has 0 amide bonds. The SMILES string of the molecule is Cc1cc(CC(=O)n2c(=O)oc3ccc(N)cc32)c[nH]1. The third-order valence-corrected chi connectivity index (χ3v) is 3.10. The summed E-state index contributed by atoms with van der Waals surface area (Å²) in [6, 6.07) is 6.62. The Hall–Kier alpha value is -2.76. The van der Waals surface area contributed by atoms with E-state index >= 15 is 0 Å². The van der Waals surface area contributed by atoms with Gasteiger partial charge in [-0.2, -0.15) is 0 Å². The molecular formula is C14H13N3O3. The van der Waals surface area contributed by atoms with E-state index in [2.05, 4.69) is 4.98 Å². The van der Waals surface area contributed by atoms with Gasteiger partial charge in [-0.1, -0.05) is 0 Å². The van der Waals surface area contributed by atoms with Crippen LogP contribution in [0.4, 0.5) is 5.69 Å². The lowest BCUT2D eigenvalue weighted by Gasteiger charge is -2.00. The van der Waals surface area contributed by atoms with Crippen LogP contribution < -0.4 is 11.5 Å². The fraction of sp³-hybridized carbons (Fsp3) is 0.143. The number of rotatable bonds is 2. The van der Waals surface area contributed by atoms with Crippen molar-refractivity contribution in [3.8, 4) is 0 Å². The third kappa shape index (κ3) is 2.01. The number of nitrogens with two attached hydrogens (primary N) is 1. The molecule has 0 aliphatic heterocycles. The lowest BCUT2D eigenvalue weighted by molar-refractivity contribution is 0.0910. The van der Waals surface area contributed by atoms with Crippen LogP contribution >= 0.6 is 0 Å². The van der Waals surface area contributed by atoms with E-state index in [1.807, 2.05) is 13.0 Å². The number of aromatic amines is 1. The van der Waals surface area contributed by atoms with Crippen molar-refractivity contribution < 1.29 is 9.21 Å². The number of oxazole rings is 1. The smallest absolute Gasteiger partial charge is 0.407 e. The second-order valence-corrected chi connectivity index (χ2v) is 4.69. The van der Waals surface area contributed by atoms with Crippen molar-refractivity contribution in [1.82, 2.24) is 9.55 Å². The molecule has 0 spiro atoms. The number of hydrogen-bond acceptors (Lipinski definition) is 4. The minimum absolute atomic E-state index is 0.119. The Morgan fingerprint density at radius 3 is 2.90 bits per heavy atom. The lowest BCUT2D eigenvalue weighted by atomic mass is 10.2. The molecule has 3 aromatic rings. The van der Waals surface area contributed by atoms with Crippen LogP contribution in [0.5, 0.6) is 0 Å². The highest BCUT2D eigenvalue weighted by molar-refractivity contribution is 5.91. The Labute approximate surface area is 113 Å². The number of hydrogen-bond donors (Lipinski definition) is 2. The molecule has 0 radical (unpaired) electrons. The molecule has 2 heterocycles. The second kappa shape index (κ2) is 4.41. The van der Waals surface area contributed by atoms with Crippen molar-refractivity contribution >= 4 is 22.7 Å². The van der Waals surface area contributed by atoms with E-state index in [1.165, 1.54) is 0 Å². The van der Waals surface area contributed by atoms with Gasteiger partial charge in [0.05, 0.1) is 6.42 Å². The zero-order chi connectivity index (χ0) is 14.3. The van der Waals surface area contributed by atoms with Crippen LogP contribution in [-0.4, -0.2) is 15.5 Å². The number of carbonyl (C=O) groups is 1. The van der Waals surface area contributed by atoms with Gasteiger partial charge in [0.15, 0.2) is 5.58 Å². The minimum atomic E-state index is -0.692. The van der Waals surface area contributed by atoms with Crippen LogP contribution in [0, 0.1) is 6.92 Å². The molecule has 1 aromatic carbocycles. The summed E-state index contributed by atoms with van der Waals surface area (Å²) in [6.07, 6.45) is 1.86. The number of anilines is 1. The fourth-order valence-electron chi connectivity index (χ4n) is 2.19. The molecule has 0 aliphatic rings. The van der Waals surface area contributed by atoms with Crippen molar-refractivity contribution in [1.29, 1.82) is 0 Å². The Balaban J connectivity index is 2.05. The van der Waals surface area contributed by atoms with Gasteiger partial charge >= 0.3 is 5.76 Å². The Morgan fingerprint density at radius 1 is 1.40 bits per heavy atom. The molecule has 0 aliphatic carbocycles. The van der Waals surface area contributed by atoms with Crippen molar-refractivity contribution in [2.75, 3.05) is 5.73 Å². The molecule has 6 nitrogen and oxygen atoms in total. The minimum Gasteiger partial charge on any atom is -0.407 e. The molecular weight excluding hydrogens is 258 g/mol. The van der Waals surface area contributed by atoms with Gasteiger partial charge in [0.1, 0.15) is 5.52 Å². The van der Waals surface area contributed by atoms with E-state index in [0.717, 1.165) is 15.8 Å². The van der Waals surface area contributed by atoms with E-state index < -0.39 is 5.76 Å². The highest BCUT2D eigenvalue weighted by atomic mass is 16.4. The van der Waals surface area contributed by atoms with Crippen molar-refractivity contribution in [2.45, 2.75) is 13.3 Å². The molecule has 0 bridgehead atoms. The van der Waals surface area contributed by atoms with Gasteiger partial charge < -0.3 is 15.1 Å². The third-order valence-electron chi connectivity index (χ3n) is 3.10. The largest absolute Gasteiger partial charge is 0.426 e. The van der Waals surface area contributed by atoms with Crippen LogP contribution in [0.2, 0.25) is 0 Å². The number of nitrogen functional groups attached to an aromatic ring is 1. The molecule has 0 unspecified atom stereocenters. The highest BCUT2D eigenvalue weighted by Gasteiger charge is 2.16. The van der Waals surface area contributed by atoms with E-state index in [0.29, 0.717) is 16.8 Å². The van der Waals surface area contributed by atoms with Gasteiger partial charge in [-0.05, 0) is 36.8 Å². The maximum absolute atomic E-state index is 12.3. The second-order valence-electron chi connectivity index (χ2n) is 4.69. The summed E-state index contributed by atoms with van der Waals surface area (Å²) in [5.74, 6) is -1.04. The molecule has 102 valence electrons. The number of nitrogens with one attached hydrogen (secondary N) is 1. The number of benzene rings is 1. The summed E-state index contributed by atoms with van der Waals surface area (Å²) in [6.45, 7) is 1.90. The zero-order valence-corrected chi connectivity index (χ0v) is 10.8.